The fraction of sp³-hybridized carbons (Fsp3) is 0.353. The summed E-state index contributed by atoms with van der Waals surface area (Å²) >= 11 is 0. The van der Waals surface area contributed by atoms with Crippen LogP contribution in [0.1, 0.15) is 37.9 Å². The van der Waals surface area contributed by atoms with E-state index in [1.807, 2.05) is 31.2 Å². The van der Waals surface area contributed by atoms with Crippen molar-refractivity contribution in [2.45, 2.75) is 38.8 Å². The van der Waals surface area contributed by atoms with Crippen LogP contribution >= 0.6 is 0 Å². The van der Waals surface area contributed by atoms with Crippen LogP contribution in [-0.2, 0) is 6.42 Å². The number of nitrogens with zero attached hydrogens (tertiary/aromatic N) is 1. The van der Waals surface area contributed by atoms with E-state index in [4.69, 9.17) is 15.2 Å². The van der Waals surface area contributed by atoms with Gasteiger partial charge in [0.05, 0.1) is 0 Å². The van der Waals surface area contributed by atoms with E-state index in [0.717, 1.165) is 17.7 Å². The Morgan fingerprint density at radius 1 is 1.29 bits per heavy atom. The Morgan fingerprint density at radius 2 is 2.10 bits per heavy atom. The standard InChI is InChI=1S/C17H20N2O2/c1-11(18)13-7-8-15(19-10-13)20-14-6-4-5-12-9-17(2,3)21-16(12)14/h4-8,10-11H,9,18H2,1-3H3/t11-/m1/s1. The molecule has 0 saturated heterocycles. The van der Waals surface area contributed by atoms with E-state index < -0.39 is 0 Å². The van der Waals surface area contributed by atoms with Gasteiger partial charge in [0, 0.05) is 30.3 Å². The van der Waals surface area contributed by atoms with Gasteiger partial charge in [0.25, 0.3) is 0 Å². The zero-order valence-electron chi connectivity index (χ0n) is 12.6. The lowest BCUT2D eigenvalue weighted by Crippen LogP contribution is -2.24. The normalized spacial score (nSPS) is 17.0. The van der Waals surface area contributed by atoms with Gasteiger partial charge in [-0.05, 0) is 32.4 Å². The fourth-order valence-electron chi connectivity index (χ4n) is 2.50. The van der Waals surface area contributed by atoms with E-state index in [9.17, 15) is 0 Å². The van der Waals surface area contributed by atoms with E-state index >= 15 is 0 Å². The molecule has 0 fully saturated rings. The molecular weight excluding hydrogens is 264 g/mol. The van der Waals surface area contributed by atoms with Crippen LogP contribution in [0.3, 0.4) is 0 Å². The lowest BCUT2D eigenvalue weighted by atomic mass is 10.0. The quantitative estimate of drug-likeness (QED) is 0.935. The third-order valence-electron chi connectivity index (χ3n) is 3.55. The predicted molar refractivity (Wildman–Crippen MR) is 81.8 cm³/mol. The average molecular weight is 284 g/mol. The number of nitrogens with two attached hydrogens (primary N) is 1. The van der Waals surface area contributed by atoms with E-state index in [1.54, 1.807) is 6.20 Å². The molecule has 0 bridgehead atoms. The Labute approximate surface area is 124 Å². The van der Waals surface area contributed by atoms with Gasteiger partial charge in [-0.15, -0.1) is 0 Å². The van der Waals surface area contributed by atoms with E-state index in [2.05, 4.69) is 24.9 Å². The minimum atomic E-state index is -0.186. The molecule has 1 aromatic heterocycles. The van der Waals surface area contributed by atoms with Crippen molar-refractivity contribution >= 4 is 0 Å². The van der Waals surface area contributed by atoms with Crippen LogP contribution in [0, 0.1) is 0 Å². The van der Waals surface area contributed by atoms with Crippen LogP contribution in [0.25, 0.3) is 0 Å². The Bertz CT molecular complexity index is 648. The molecule has 2 N–H and O–H groups in total. The van der Waals surface area contributed by atoms with Gasteiger partial charge < -0.3 is 15.2 Å². The van der Waals surface area contributed by atoms with Crippen LogP contribution in [0.4, 0.5) is 0 Å². The number of pyridine rings is 1. The topological polar surface area (TPSA) is 57.4 Å². The summed E-state index contributed by atoms with van der Waals surface area (Å²) < 4.78 is 11.9. The lowest BCUT2D eigenvalue weighted by Gasteiger charge is -2.18. The van der Waals surface area contributed by atoms with Gasteiger partial charge in [-0.3, -0.25) is 0 Å². The minimum absolute atomic E-state index is 0.0309. The first-order valence-electron chi connectivity index (χ1n) is 7.15. The van der Waals surface area contributed by atoms with E-state index in [-0.39, 0.29) is 11.6 Å². The average Bonchev–Trinajstić information content (AvgIpc) is 2.74. The Balaban J connectivity index is 1.85. The summed E-state index contributed by atoms with van der Waals surface area (Å²) in [6.45, 7) is 6.08. The maximum Gasteiger partial charge on any atom is 0.219 e. The zero-order valence-corrected chi connectivity index (χ0v) is 12.6. The molecule has 21 heavy (non-hydrogen) atoms. The smallest absolute Gasteiger partial charge is 0.219 e. The molecule has 2 aromatic rings. The first kappa shape index (κ1) is 13.9. The van der Waals surface area contributed by atoms with Crippen molar-refractivity contribution in [3.05, 3.63) is 47.7 Å². The molecule has 0 radical (unpaired) electrons. The number of hydrogen-bond acceptors (Lipinski definition) is 4. The summed E-state index contributed by atoms with van der Waals surface area (Å²) in [4.78, 5) is 4.30. The second-order valence-corrected chi connectivity index (χ2v) is 6.10. The molecule has 110 valence electrons. The molecule has 1 atom stereocenters. The first-order valence-corrected chi connectivity index (χ1v) is 7.15. The van der Waals surface area contributed by atoms with Crippen molar-refractivity contribution in [1.82, 2.24) is 4.98 Å². The zero-order chi connectivity index (χ0) is 15.0. The number of aromatic nitrogens is 1. The first-order chi connectivity index (χ1) is 9.94. The van der Waals surface area contributed by atoms with Crippen molar-refractivity contribution in [1.29, 1.82) is 0 Å². The van der Waals surface area contributed by atoms with Gasteiger partial charge in [-0.1, -0.05) is 18.2 Å². The van der Waals surface area contributed by atoms with Crippen molar-refractivity contribution in [3.8, 4) is 17.4 Å². The van der Waals surface area contributed by atoms with Crippen LogP contribution in [0.5, 0.6) is 17.4 Å². The second kappa shape index (κ2) is 5.04. The number of fused-ring (bicyclic) bond motifs is 1. The molecule has 0 aliphatic carbocycles. The predicted octanol–water partition coefficient (Wildman–Crippen LogP) is 3.61. The third kappa shape index (κ3) is 2.85. The monoisotopic (exact) mass is 284 g/mol. The van der Waals surface area contributed by atoms with Crippen LogP contribution < -0.4 is 15.2 Å². The number of para-hydroxylation sites is 1. The van der Waals surface area contributed by atoms with Gasteiger partial charge in [0.1, 0.15) is 5.60 Å². The second-order valence-electron chi connectivity index (χ2n) is 6.10. The van der Waals surface area contributed by atoms with Crippen molar-refractivity contribution in [3.63, 3.8) is 0 Å². The molecule has 0 saturated carbocycles. The van der Waals surface area contributed by atoms with Crippen LogP contribution in [-0.4, -0.2) is 10.6 Å². The summed E-state index contributed by atoms with van der Waals surface area (Å²) in [5.41, 5.74) is 7.79. The maximum atomic E-state index is 5.99. The molecule has 0 unspecified atom stereocenters. The van der Waals surface area contributed by atoms with Crippen LogP contribution in [0.15, 0.2) is 36.5 Å². The lowest BCUT2D eigenvalue weighted by molar-refractivity contribution is 0.135. The fourth-order valence-corrected chi connectivity index (χ4v) is 2.50. The third-order valence-corrected chi connectivity index (χ3v) is 3.55. The largest absolute Gasteiger partial charge is 0.483 e. The van der Waals surface area contributed by atoms with Gasteiger partial charge >= 0.3 is 0 Å². The summed E-state index contributed by atoms with van der Waals surface area (Å²) in [7, 11) is 0. The molecule has 1 aromatic carbocycles. The minimum Gasteiger partial charge on any atom is -0.483 e. The number of ether oxygens (including phenoxy) is 2. The number of hydrogen-bond donors (Lipinski definition) is 1. The molecule has 1 aliphatic heterocycles. The highest BCUT2D eigenvalue weighted by atomic mass is 16.5. The van der Waals surface area contributed by atoms with Crippen molar-refractivity contribution < 1.29 is 9.47 Å². The highest BCUT2D eigenvalue weighted by Crippen LogP contribution is 2.43. The molecule has 3 rings (SSSR count). The van der Waals surface area contributed by atoms with Gasteiger partial charge in [-0.25, -0.2) is 4.98 Å². The van der Waals surface area contributed by atoms with Crippen LogP contribution in [0.2, 0.25) is 0 Å². The highest BCUT2D eigenvalue weighted by Gasteiger charge is 2.32. The summed E-state index contributed by atoms with van der Waals surface area (Å²) in [6, 6.07) is 9.69. The Morgan fingerprint density at radius 3 is 2.76 bits per heavy atom. The summed E-state index contributed by atoms with van der Waals surface area (Å²) in [6.07, 6.45) is 2.63. The highest BCUT2D eigenvalue weighted by molar-refractivity contribution is 5.51. The van der Waals surface area contributed by atoms with Crippen molar-refractivity contribution in [2.75, 3.05) is 0 Å². The molecule has 4 heteroatoms. The molecule has 1 aliphatic rings. The Hall–Kier alpha value is -2.07. The molecule has 4 nitrogen and oxygen atoms in total. The molecule has 0 amide bonds. The summed E-state index contributed by atoms with van der Waals surface area (Å²) in [5.74, 6) is 2.07. The number of rotatable bonds is 3. The molecule has 0 spiro atoms. The SMILES string of the molecule is C[C@@H](N)c1ccc(Oc2cccc3c2OC(C)(C)C3)nc1. The Kier molecular flexibility index (Phi) is 3.33. The maximum absolute atomic E-state index is 5.99. The van der Waals surface area contributed by atoms with Gasteiger partial charge in [-0.2, -0.15) is 0 Å². The van der Waals surface area contributed by atoms with E-state index in [0.29, 0.717) is 11.6 Å². The van der Waals surface area contributed by atoms with Gasteiger partial charge in [0.2, 0.25) is 5.88 Å². The van der Waals surface area contributed by atoms with Crippen molar-refractivity contribution in [2.24, 2.45) is 5.73 Å². The molecular formula is C17H20N2O2. The number of benzene rings is 1. The van der Waals surface area contributed by atoms with E-state index in [1.165, 1.54) is 5.56 Å². The summed E-state index contributed by atoms with van der Waals surface area (Å²) in [5, 5.41) is 0. The van der Waals surface area contributed by atoms with Gasteiger partial charge in [0.15, 0.2) is 11.5 Å². The molecule has 2 heterocycles.